The van der Waals surface area contributed by atoms with Crippen LogP contribution in [0.15, 0.2) is 0 Å². The van der Waals surface area contributed by atoms with Crippen LogP contribution in [-0.4, -0.2) is 17.5 Å². The third-order valence-corrected chi connectivity index (χ3v) is 3.16. The van der Waals surface area contributed by atoms with E-state index in [9.17, 15) is 0 Å². The van der Waals surface area contributed by atoms with Crippen LogP contribution in [0.4, 0.5) is 0 Å². The van der Waals surface area contributed by atoms with E-state index in [1.165, 1.54) is 0 Å². The third-order valence-electron chi connectivity index (χ3n) is 1.98. The van der Waals surface area contributed by atoms with Gasteiger partial charge in [-0.25, -0.2) is 0 Å². The molecular formula is C8H10Cl2O. The standard InChI is InChI=1S/C8H10Cl2O/c1-3-4-11-6-7(2)5-8(7,9)10/h1H,4-6H2,2H3. The zero-order valence-electron chi connectivity index (χ0n) is 6.36. The Morgan fingerprint density at radius 3 is 2.55 bits per heavy atom. The Labute approximate surface area is 77.0 Å². The maximum absolute atomic E-state index is 5.86. The van der Waals surface area contributed by atoms with Crippen molar-refractivity contribution in [3.05, 3.63) is 0 Å². The molecule has 0 aromatic heterocycles. The van der Waals surface area contributed by atoms with Gasteiger partial charge >= 0.3 is 0 Å². The number of terminal acetylenes is 1. The van der Waals surface area contributed by atoms with E-state index in [0.29, 0.717) is 13.2 Å². The first-order valence-electron chi connectivity index (χ1n) is 3.41. The van der Waals surface area contributed by atoms with Crippen LogP contribution in [0, 0.1) is 17.8 Å². The van der Waals surface area contributed by atoms with Crippen LogP contribution in [0.25, 0.3) is 0 Å². The van der Waals surface area contributed by atoms with Gasteiger partial charge in [0.25, 0.3) is 0 Å². The predicted octanol–water partition coefficient (Wildman–Crippen LogP) is 2.22. The van der Waals surface area contributed by atoms with Gasteiger partial charge in [-0.3, -0.25) is 0 Å². The van der Waals surface area contributed by atoms with Crippen molar-refractivity contribution in [3.63, 3.8) is 0 Å². The molecule has 0 amide bonds. The number of rotatable bonds is 3. The fraction of sp³-hybridized carbons (Fsp3) is 0.750. The second-order valence-electron chi connectivity index (χ2n) is 3.14. The average molecular weight is 193 g/mol. The minimum Gasteiger partial charge on any atom is -0.368 e. The Hall–Kier alpha value is 0.100. The van der Waals surface area contributed by atoms with Crippen LogP contribution in [-0.2, 0) is 4.74 Å². The molecule has 0 aromatic carbocycles. The molecule has 1 fully saturated rings. The van der Waals surface area contributed by atoms with Gasteiger partial charge in [0.15, 0.2) is 0 Å². The number of hydrogen-bond acceptors (Lipinski definition) is 1. The summed E-state index contributed by atoms with van der Waals surface area (Å²) in [6.07, 6.45) is 5.79. The minimum absolute atomic E-state index is 0.0903. The van der Waals surface area contributed by atoms with Crippen LogP contribution in [0.5, 0.6) is 0 Å². The number of ether oxygens (including phenoxy) is 1. The van der Waals surface area contributed by atoms with Gasteiger partial charge in [0, 0.05) is 5.41 Å². The maximum atomic E-state index is 5.86. The second-order valence-corrected chi connectivity index (χ2v) is 4.62. The molecule has 0 saturated heterocycles. The summed E-state index contributed by atoms with van der Waals surface area (Å²) in [5.74, 6) is 2.39. The van der Waals surface area contributed by atoms with Crippen molar-refractivity contribution in [2.75, 3.05) is 13.2 Å². The van der Waals surface area contributed by atoms with E-state index >= 15 is 0 Å². The van der Waals surface area contributed by atoms with E-state index < -0.39 is 4.33 Å². The monoisotopic (exact) mass is 192 g/mol. The summed E-state index contributed by atoms with van der Waals surface area (Å²) in [5, 5.41) is 0. The molecule has 0 bridgehead atoms. The topological polar surface area (TPSA) is 9.23 Å². The molecule has 1 nitrogen and oxygen atoms in total. The van der Waals surface area contributed by atoms with Crippen molar-refractivity contribution in [1.82, 2.24) is 0 Å². The van der Waals surface area contributed by atoms with E-state index in [-0.39, 0.29) is 5.41 Å². The molecule has 62 valence electrons. The summed E-state index contributed by atoms with van der Waals surface area (Å²) in [4.78, 5) is 0. The van der Waals surface area contributed by atoms with Gasteiger partial charge in [-0.2, -0.15) is 0 Å². The first-order chi connectivity index (χ1) is 5.02. The average Bonchev–Trinajstić information content (AvgIpc) is 2.33. The molecule has 1 saturated carbocycles. The summed E-state index contributed by atoms with van der Waals surface area (Å²) in [5.41, 5.74) is -0.0903. The summed E-state index contributed by atoms with van der Waals surface area (Å²) in [6.45, 7) is 2.87. The minimum atomic E-state index is -0.596. The zero-order chi connectivity index (χ0) is 8.54. The van der Waals surface area contributed by atoms with Crippen LogP contribution >= 0.6 is 23.2 Å². The lowest BCUT2D eigenvalue weighted by Gasteiger charge is -2.10. The summed E-state index contributed by atoms with van der Waals surface area (Å²) in [7, 11) is 0. The SMILES string of the molecule is C#CCOCC1(C)CC1(Cl)Cl. The van der Waals surface area contributed by atoms with Crippen LogP contribution in [0.3, 0.4) is 0 Å². The molecule has 0 spiro atoms. The van der Waals surface area contributed by atoms with E-state index in [0.717, 1.165) is 6.42 Å². The highest BCUT2D eigenvalue weighted by Crippen LogP contribution is 2.63. The number of hydrogen-bond donors (Lipinski definition) is 0. The molecular weight excluding hydrogens is 183 g/mol. The molecule has 0 heterocycles. The Balaban J connectivity index is 2.25. The normalized spacial score (nSPS) is 32.9. The molecule has 0 radical (unpaired) electrons. The van der Waals surface area contributed by atoms with Crippen molar-refractivity contribution in [2.24, 2.45) is 5.41 Å². The van der Waals surface area contributed by atoms with E-state index in [1.807, 2.05) is 6.92 Å². The Morgan fingerprint density at radius 1 is 1.64 bits per heavy atom. The van der Waals surface area contributed by atoms with Gasteiger partial charge in [0.2, 0.25) is 0 Å². The summed E-state index contributed by atoms with van der Waals surface area (Å²) < 4.78 is 4.54. The van der Waals surface area contributed by atoms with Crippen molar-refractivity contribution in [3.8, 4) is 12.3 Å². The second kappa shape index (κ2) is 2.86. The highest BCUT2D eigenvalue weighted by Gasteiger charge is 2.62. The van der Waals surface area contributed by atoms with Gasteiger partial charge in [-0.15, -0.1) is 29.6 Å². The lowest BCUT2D eigenvalue weighted by molar-refractivity contribution is 0.123. The Morgan fingerprint density at radius 2 is 2.18 bits per heavy atom. The van der Waals surface area contributed by atoms with Crippen LogP contribution in [0.1, 0.15) is 13.3 Å². The van der Waals surface area contributed by atoms with Crippen LogP contribution < -0.4 is 0 Å². The summed E-state index contributed by atoms with van der Waals surface area (Å²) >= 11 is 11.7. The highest BCUT2D eigenvalue weighted by atomic mass is 35.5. The fourth-order valence-corrected chi connectivity index (χ4v) is 1.64. The maximum Gasteiger partial charge on any atom is 0.126 e. The third kappa shape index (κ3) is 1.82. The first kappa shape index (κ1) is 9.19. The van der Waals surface area contributed by atoms with Gasteiger partial charge in [-0.1, -0.05) is 12.8 Å². The largest absolute Gasteiger partial charge is 0.368 e. The molecule has 0 aliphatic heterocycles. The predicted molar refractivity (Wildman–Crippen MR) is 46.8 cm³/mol. The molecule has 11 heavy (non-hydrogen) atoms. The zero-order valence-corrected chi connectivity index (χ0v) is 7.87. The Kier molecular flexibility index (Phi) is 2.39. The first-order valence-corrected chi connectivity index (χ1v) is 4.16. The van der Waals surface area contributed by atoms with E-state index in [1.54, 1.807) is 0 Å². The molecule has 1 atom stereocenters. The van der Waals surface area contributed by atoms with Crippen molar-refractivity contribution in [1.29, 1.82) is 0 Å². The van der Waals surface area contributed by atoms with Crippen LogP contribution in [0.2, 0.25) is 0 Å². The molecule has 1 unspecified atom stereocenters. The smallest absolute Gasteiger partial charge is 0.126 e. The quantitative estimate of drug-likeness (QED) is 0.379. The van der Waals surface area contributed by atoms with Crippen molar-refractivity contribution in [2.45, 2.75) is 17.7 Å². The van der Waals surface area contributed by atoms with Gasteiger partial charge < -0.3 is 4.74 Å². The Bertz CT molecular complexity index is 195. The number of halogens is 2. The lowest BCUT2D eigenvalue weighted by atomic mass is 10.2. The van der Waals surface area contributed by atoms with Gasteiger partial charge in [-0.05, 0) is 6.42 Å². The van der Waals surface area contributed by atoms with Gasteiger partial charge in [0.1, 0.15) is 10.9 Å². The molecule has 1 aliphatic carbocycles. The van der Waals surface area contributed by atoms with Crippen molar-refractivity contribution >= 4 is 23.2 Å². The highest BCUT2D eigenvalue weighted by molar-refractivity contribution is 6.51. The molecule has 3 heteroatoms. The molecule has 0 aromatic rings. The fourth-order valence-electron chi connectivity index (χ4n) is 0.938. The van der Waals surface area contributed by atoms with Gasteiger partial charge in [0.05, 0.1) is 6.61 Å². The van der Waals surface area contributed by atoms with E-state index in [4.69, 9.17) is 34.4 Å². The van der Waals surface area contributed by atoms with E-state index in [2.05, 4.69) is 5.92 Å². The number of alkyl halides is 2. The molecule has 1 aliphatic rings. The van der Waals surface area contributed by atoms with Crippen molar-refractivity contribution < 1.29 is 4.74 Å². The summed E-state index contributed by atoms with van der Waals surface area (Å²) in [6, 6.07) is 0. The lowest BCUT2D eigenvalue weighted by Crippen LogP contribution is -2.13. The molecule has 0 N–H and O–H groups in total. The molecule has 1 rings (SSSR count).